The first-order valence-electron chi connectivity index (χ1n) is 4.91. The van der Waals surface area contributed by atoms with E-state index in [1.165, 1.54) is 17.7 Å². The first-order valence-corrected chi connectivity index (χ1v) is 6.23. The quantitative estimate of drug-likeness (QED) is 0.876. The molecule has 0 saturated heterocycles. The van der Waals surface area contributed by atoms with Gasteiger partial charge in [0, 0.05) is 18.1 Å². The van der Waals surface area contributed by atoms with Crippen LogP contribution in [0.15, 0.2) is 35.0 Å². The van der Waals surface area contributed by atoms with Crippen LogP contribution in [0.5, 0.6) is 0 Å². The maximum Gasteiger partial charge on any atom is 0.125 e. The summed E-state index contributed by atoms with van der Waals surface area (Å²) in [5.74, 6) is -0.292. The lowest BCUT2D eigenvalue weighted by Gasteiger charge is -2.04. The van der Waals surface area contributed by atoms with Gasteiger partial charge in [0.05, 0.1) is 0 Å². The predicted octanol–water partition coefficient (Wildman–Crippen LogP) is 3.83. The van der Waals surface area contributed by atoms with Crippen LogP contribution in [0, 0.1) is 5.82 Å². The third-order valence-corrected chi connectivity index (χ3v) is 3.11. The van der Waals surface area contributed by atoms with E-state index in [0.29, 0.717) is 11.6 Å². The molecule has 4 heteroatoms. The molecule has 0 unspecified atom stereocenters. The van der Waals surface area contributed by atoms with Crippen LogP contribution in [0.1, 0.15) is 11.1 Å². The highest BCUT2D eigenvalue weighted by atomic mass is 35.5. The topological polar surface area (TPSA) is 12.0 Å². The van der Waals surface area contributed by atoms with Gasteiger partial charge in [0.25, 0.3) is 0 Å². The molecule has 0 fully saturated rings. The van der Waals surface area contributed by atoms with E-state index in [0.717, 1.165) is 12.1 Å². The average molecular weight is 256 g/mol. The van der Waals surface area contributed by atoms with Crippen LogP contribution < -0.4 is 5.32 Å². The number of hydrogen-bond donors (Lipinski definition) is 1. The van der Waals surface area contributed by atoms with Gasteiger partial charge in [0.2, 0.25) is 0 Å². The first-order chi connectivity index (χ1) is 7.74. The molecule has 0 saturated carbocycles. The molecule has 2 rings (SSSR count). The molecule has 1 heterocycles. The summed E-state index contributed by atoms with van der Waals surface area (Å²) in [6.45, 7) is 1.41. The van der Waals surface area contributed by atoms with Gasteiger partial charge in [-0.25, -0.2) is 4.39 Å². The Labute approximate surface area is 103 Å². The zero-order valence-electron chi connectivity index (χ0n) is 8.54. The van der Waals surface area contributed by atoms with Gasteiger partial charge >= 0.3 is 0 Å². The van der Waals surface area contributed by atoms with Gasteiger partial charge in [-0.15, -0.1) is 0 Å². The molecule has 84 valence electrons. The first kappa shape index (κ1) is 11.6. The minimum absolute atomic E-state index is 0.292. The summed E-state index contributed by atoms with van der Waals surface area (Å²) in [5.41, 5.74) is 2.10. The highest BCUT2D eigenvalue weighted by molar-refractivity contribution is 7.07. The Morgan fingerprint density at radius 3 is 2.69 bits per heavy atom. The van der Waals surface area contributed by atoms with E-state index in [2.05, 4.69) is 16.8 Å². The summed E-state index contributed by atoms with van der Waals surface area (Å²) in [6.07, 6.45) is 0. The second-order valence-electron chi connectivity index (χ2n) is 3.51. The van der Waals surface area contributed by atoms with Crippen LogP contribution in [0.3, 0.4) is 0 Å². The molecular weight excluding hydrogens is 245 g/mol. The van der Waals surface area contributed by atoms with Crippen molar-refractivity contribution in [3.8, 4) is 0 Å². The van der Waals surface area contributed by atoms with Crippen molar-refractivity contribution in [2.45, 2.75) is 13.1 Å². The van der Waals surface area contributed by atoms with Crippen molar-refractivity contribution < 1.29 is 4.39 Å². The molecule has 0 bridgehead atoms. The van der Waals surface area contributed by atoms with E-state index in [1.807, 2.05) is 5.38 Å². The van der Waals surface area contributed by atoms with Crippen molar-refractivity contribution in [2.75, 3.05) is 0 Å². The average Bonchev–Trinajstić information content (AvgIpc) is 2.69. The van der Waals surface area contributed by atoms with Gasteiger partial charge in [0.15, 0.2) is 0 Å². The Hall–Kier alpha value is -0.900. The van der Waals surface area contributed by atoms with E-state index >= 15 is 0 Å². The monoisotopic (exact) mass is 255 g/mol. The standard InChI is InChI=1S/C12H11ClFNS/c13-11-3-10(4-12(14)5-11)7-15-6-9-1-2-16-8-9/h1-5,8,15H,6-7H2. The maximum atomic E-state index is 13.0. The van der Waals surface area contributed by atoms with Gasteiger partial charge in [-0.05, 0) is 46.2 Å². The fourth-order valence-electron chi connectivity index (χ4n) is 1.46. The largest absolute Gasteiger partial charge is 0.309 e. The van der Waals surface area contributed by atoms with E-state index in [9.17, 15) is 4.39 Å². The fraction of sp³-hybridized carbons (Fsp3) is 0.167. The molecule has 0 aliphatic heterocycles. The van der Waals surface area contributed by atoms with Crippen LogP contribution >= 0.6 is 22.9 Å². The summed E-state index contributed by atoms with van der Waals surface area (Å²) < 4.78 is 13.0. The van der Waals surface area contributed by atoms with Crippen molar-refractivity contribution in [1.82, 2.24) is 5.32 Å². The van der Waals surface area contributed by atoms with Gasteiger partial charge in [-0.2, -0.15) is 11.3 Å². The van der Waals surface area contributed by atoms with E-state index in [1.54, 1.807) is 17.4 Å². The normalized spacial score (nSPS) is 10.6. The Morgan fingerprint density at radius 1 is 1.19 bits per heavy atom. The summed E-state index contributed by atoms with van der Waals surface area (Å²) in [6, 6.07) is 6.64. The highest BCUT2D eigenvalue weighted by Crippen LogP contribution is 2.14. The summed E-state index contributed by atoms with van der Waals surface area (Å²) >= 11 is 7.43. The minimum Gasteiger partial charge on any atom is -0.309 e. The Morgan fingerprint density at radius 2 is 2.00 bits per heavy atom. The van der Waals surface area contributed by atoms with Gasteiger partial charge in [-0.1, -0.05) is 11.6 Å². The zero-order chi connectivity index (χ0) is 11.4. The van der Waals surface area contributed by atoms with Gasteiger partial charge < -0.3 is 5.32 Å². The van der Waals surface area contributed by atoms with Crippen LogP contribution in [-0.2, 0) is 13.1 Å². The van der Waals surface area contributed by atoms with Gasteiger partial charge in [0.1, 0.15) is 5.82 Å². The second-order valence-corrected chi connectivity index (χ2v) is 4.73. The lowest BCUT2D eigenvalue weighted by Crippen LogP contribution is -2.12. The lowest BCUT2D eigenvalue weighted by molar-refractivity contribution is 0.620. The number of nitrogens with one attached hydrogen (secondary N) is 1. The molecule has 1 N–H and O–H groups in total. The van der Waals surface area contributed by atoms with Crippen molar-refractivity contribution >= 4 is 22.9 Å². The number of halogens is 2. The molecule has 0 amide bonds. The van der Waals surface area contributed by atoms with E-state index in [-0.39, 0.29) is 5.82 Å². The number of rotatable bonds is 4. The SMILES string of the molecule is Fc1cc(Cl)cc(CNCc2ccsc2)c1. The number of thiophene rings is 1. The lowest BCUT2D eigenvalue weighted by atomic mass is 10.2. The second kappa shape index (κ2) is 5.43. The Kier molecular flexibility index (Phi) is 3.93. The maximum absolute atomic E-state index is 13.0. The predicted molar refractivity (Wildman–Crippen MR) is 66.3 cm³/mol. The van der Waals surface area contributed by atoms with Crippen molar-refractivity contribution in [1.29, 1.82) is 0 Å². The molecule has 0 aliphatic rings. The molecule has 1 aromatic heterocycles. The molecule has 0 aliphatic carbocycles. The Bertz CT molecular complexity index is 436. The van der Waals surface area contributed by atoms with Crippen LogP contribution in [0.4, 0.5) is 4.39 Å². The summed E-state index contributed by atoms with van der Waals surface area (Å²) in [5, 5.41) is 7.80. The molecule has 1 nitrogen and oxygen atoms in total. The zero-order valence-corrected chi connectivity index (χ0v) is 10.1. The number of benzene rings is 1. The van der Waals surface area contributed by atoms with Crippen molar-refractivity contribution in [3.63, 3.8) is 0 Å². The highest BCUT2D eigenvalue weighted by Gasteiger charge is 1.99. The molecule has 0 atom stereocenters. The molecule has 2 aromatic rings. The number of hydrogen-bond acceptors (Lipinski definition) is 2. The van der Waals surface area contributed by atoms with Crippen LogP contribution in [0.25, 0.3) is 0 Å². The fourth-order valence-corrected chi connectivity index (χ4v) is 2.37. The van der Waals surface area contributed by atoms with Crippen molar-refractivity contribution in [2.24, 2.45) is 0 Å². The third-order valence-electron chi connectivity index (χ3n) is 2.16. The molecule has 0 spiro atoms. The van der Waals surface area contributed by atoms with E-state index in [4.69, 9.17) is 11.6 Å². The van der Waals surface area contributed by atoms with Crippen LogP contribution in [0.2, 0.25) is 5.02 Å². The molecule has 0 radical (unpaired) electrons. The smallest absolute Gasteiger partial charge is 0.125 e. The molecule has 16 heavy (non-hydrogen) atoms. The third kappa shape index (κ3) is 3.30. The Balaban J connectivity index is 1.89. The molecule has 1 aromatic carbocycles. The molecular formula is C12H11ClFNS. The minimum atomic E-state index is -0.292. The van der Waals surface area contributed by atoms with Crippen molar-refractivity contribution in [3.05, 3.63) is 57.0 Å². The van der Waals surface area contributed by atoms with Crippen LogP contribution in [-0.4, -0.2) is 0 Å². The van der Waals surface area contributed by atoms with Gasteiger partial charge in [-0.3, -0.25) is 0 Å². The van der Waals surface area contributed by atoms with E-state index < -0.39 is 0 Å². The summed E-state index contributed by atoms with van der Waals surface area (Å²) in [7, 11) is 0. The summed E-state index contributed by atoms with van der Waals surface area (Å²) in [4.78, 5) is 0.